The van der Waals surface area contributed by atoms with Crippen LogP contribution in [0.15, 0.2) is 94.7 Å². The van der Waals surface area contributed by atoms with E-state index >= 15 is 0 Å². The number of sulfonamides is 2. The molecule has 2 aromatic heterocycles. The number of carbonyl (C=O) groups excluding carboxylic acids is 1. The second kappa shape index (κ2) is 20.5. The number of hydrogen-bond acceptors (Lipinski definition) is 8. The number of aromatic nitrogens is 2. The van der Waals surface area contributed by atoms with Crippen molar-refractivity contribution in [3.8, 4) is 0 Å². The fourth-order valence-corrected chi connectivity index (χ4v) is 4.98. The number of pyridine rings is 2. The molecule has 44 heavy (non-hydrogen) atoms. The number of carbonyl (C=O) groups is 2. The maximum atomic E-state index is 12.0. The van der Waals surface area contributed by atoms with E-state index in [-0.39, 0.29) is 72.5 Å². The molecule has 232 valence electrons. The Morgan fingerprint density at radius 3 is 1.52 bits per heavy atom. The van der Waals surface area contributed by atoms with Crippen LogP contribution in [0.2, 0.25) is 20.6 Å². The Hall–Kier alpha value is -1.57. The largest absolute Gasteiger partial charge is 1.00 e. The molecule has 2 aromatic carbocycles. The summed E-state index contributed by atoms with van der Waals surface area (Å²) >= 11 is 24.2. The van der Waals surface area contributed by atoms with Crippen LogP contribution in [0.1, 0.15) is 23.5 Å². The van der Waals surface area contributed by atoms with E-state index in [0.717, 1.165) is 0 Å². The molecular formula is C25H22Cl4IN4NaO7S2. The molecule has 0 bridgehead atoms. The summed E-state index contributed by atoms with van der Waals surface area (Å²) in [7, 11) is -7.46. The number of nitrogens with two attached hydrogens (primary N) is 1. The Morgan fingerprint density at radius 1 is 0.795 bits per heavy atom. The summed E-state index contributed by atoms with van der Waals surface area (Å²) in [4.78, 5) is 30.1. The summed E-state index contributed by atoms with van der Waals surface area (Å²) in [5, 5.41) is 13.3. The van der Waals surface area contributed by atoms with E-state index in [1.165, 1.54) is 48.5 Å². The second-order valence-electron chi connectivity index (χ2n) is 7.36. The third-order valence-corrected chi connectivity index (χ3v) is 7.73. The number of primary sulfonamides is 1. The number of carboxylic acid groups (broad SMARTS) is 1. The van der Waals surface area contributed by atoms with E-state index in [1.54, 1.807) is 36.4 Å². The predicted octanol–water partition coefficient (Wildman–Crippen LogP) is 3.10. The number of rotatable bonds is 5. The van der Waals surface area contributed by atoms with Gasteiger partial charge in [-0.1, -0.05) is 105 Å². The monoisotopic (exact) mass is 845 g/mol. The molecule has 0 unspecified atom stereocenters. The topological polar surface area (TPSA) is 186 Å². The predicted molar refractivity (Wildman–Crippen MR) is 175 cm³/mol. The Balaban J connectivity index is 0. The molecule has 4 N–H and O–H groups in total. The molecule has 4 aromatic rings. The van der Waals surface area contributed by atoms with Gasteiger partial charge in [0.25, 0.3) is 15.9 Å². The molecule has 0 atom stereocenters. The average molecular weight is 847 g/mol. The van der Waals surface area contributed by atoms with Crippen molar-refractivity contribution < 1.29 is 63.9 Å². The van der Waals surface area contributed by atoms with Gasteiger partial charge in [-0.2, -0.15) is 0 Å². The van der Waals surface area contributed by atoms with Gasteiger partial charge in [0.2, 0.25) is 10.0 Å². The van der Waals surface area contributed by atoms with Crippen LogP contribution in [-0.2, 0) is 20.0 Å². The van der Waals surface area contributed by atoms with Gasteiger partial charge in [0, 0.05) is 1.37 Å². The molecule has 0 fully saturated rings. The molecule has 19 heteroatoms. The average Bonchev–Trinajstić information content (AvgIpc) is 2.94. The van der Waals surface area contributed by atoms with Gasteiger partial charge < -0.3 is 6.53 Å². The Bertz CT molecular complexity index is 1790. The second-order valence-corrected chi connectivity index (χ2v) is 12.1. The van der Waals surface area contributed by atoms with Crippen LogP contribution in [0.3, 0.4) is 0 Å². The van der Waals surface area contributed by atoms with Gasteiger partial charge in [-0.15, -0.1) is 0 Å². The van der Waals surface area contributed by atoms with Gasteiger partial charge in [0.05, 0.1) is 20.9 Å². The summed E-state index contributed by atoms with van der Waals surface area (Å²) in [6, 6.07) is 20.7. The Morgan fingerprint density at radius 2 is 1.18 bits per heavy atom. The zero-order chi connectivity index (χ0) is 33.5. The summed E-state index contributed by atoms with van der Waals surface area (Å²) in [6.07, 6.45) is 0. The molecule has 0 saturated carbocycles. The fraction of sp³-hybridized carbons (Fsp3) is 0.0400. The van der Waals surface area contributed by atoms with E-state index < -0.39 is 31.9 Å². The smallest absolute Gasteiger partial charge is 1.00 e. The van der Waals surface area contributed by atoms with Crippen molar-refractivity contribution in [3.63, 3.8) is 0 Å². The number of carboxylic acids is 1. The normalized spacial score (nSPS) is 10.5. The maximum absolute atomic E-state index is 12.0. The van der Waals surface area contributed by atoms with Gasteiger partial charge in [-0.3, -0.25) is 4.79 Å². The van der Waals surface area contributed by atoms with Crippen molar-refractivity contribution in [1.82, 2.24) is 14.7 Å². The minimum atomic E-state index is -3.95. The Labute approximate surface area is 312 Å². The number of hydrogen-bond donors (Lipinski definition) is 3. The first-order chi connectivity index (χ1) is 20.5. The van der Waals surface area contributed by atoms with Crippen LogP contribution < -0.4 is 39.4 Å². The molecule has 0 saturated heterocycles. The number of alkyl halides is 1. The quantitative estimate of drug-likeness (QED) is 0.118. The summed E-state index contributed by atoms with van der Waals surface area (Å²) in [5.41, 5.74) is -0.119. The van der Waals surface area contributed by atoms with Gasteiger partial charge in [-0.25, -0.2) is 41.5 Å². The molecule has 4 rings (SSSR count). The maximum Gasteiger partial charge on any atom is 1.00 e. The minimum absolute atomic E-state index is 0. The molecule has 0 aliphatic rings. The molecule has 0 spiro atoms. The van der Waals surface area contributed by atoms with Crippen molar-refractivity contribution in [2.75, 3.05) is 4.91 Å². The van der Waals surface area contributed by atoms with Gasteiger partial charge in [0.15, 0.2) is 0 Å². The van der Waals surface area contributed by atoms with Crippen molar-refractivity contribution >= 4 is 101 Å². The van der Waals surface area contributed by atoms with Crippen LogP contribution in [0.5, 0.6) is 0 Å². The molecule has 0 aliphatic heterocycles. The molecule has 11 nitrogen and oxygen atoms in total. The van der Waals surface area contributed by atoms with E-state index in [4.69, 9.17) is 58.0 Å². The molecule has 1 amide bonds. The summed E-state index contributed by atoms with van der Waals surface area (Å²) < 4.78 is 53.3. The standard InChI is InChI=1S/C12H8Cl2N2O3S.C6H3Cl2NO2.C6H7NO2S.CH3I.Na.H/c13-10-7-6-9(11(14)15-10)12(17)16-20(18,19)8-4-2-1-3-5-8;7-4-2-1-3(6(10)11)5(8)9-4;7-10(8,9)6-4-2-1-3-5-6;1-2;;/h1-7H,(H,16,17);1-2H,(H,10,11);1-5H,(H2,7,8,9);1H3;;/q;;;;+1;-1/i;;;1D;;. The molecule has 0 aliphatic carbocycles. The first-order valence-corrected chi connectivity index (χ1v) is 17.0. The molecule has 2 heterocycles. The third-order valence-electron chi connectivity index (χ3n) is 4.46. The van der Waals surface area contributed by atoms with Crippen molar-refractivity contribution in [2.45, 2.75) is 9.79 Å². The van der Waals surface area contributed by atoms with Gasteiger partial charge >= 0.3 is 35.5 Å². The van der Waals surface area contributed by atoms with Crippen LogP contribution in [0, 0.1) is 0 Å². The van der Waals surface area contributed by atoms with E-state index in [1.807, 2.05) is 27.3 Å². The molecule has 0 radical (unpaired) electrons. The summed E-state index contributed by atoms with van der Waals surface area (Å²) in [6.45, 7) is 0. The van der Waals surface area contributed by atoms with E-state index in [9.17, 15) is 26.4 Å². The van der Waals surface area contributed by atoms with Crippen LogP contribution in [0.4, 0.5) is 0 Å². The fourth-order valence-electron chi connectivity index (χ4n) is 2.60. The van der Waals surface area contributed by atoms with Crippen molar-refractivity contribution in [1.29, 1.82) is 0 Å². The Kier molecular flexibility index (Phi) is 18.9. The zero-order valence-corrected chi connectivity index (χ0v) is 31.2. The third kappa shape index (κ3) is 14.7. The minimum Gasteiger partial charge on any atom is -1.00 e. The number of nitrogens with one attached hydrogen (secondary N) is 1. The first kappa shape index (κ1) is 40.5. The number of benzene rings is 2. The van der Waals surface area contributed by atoms with Crippen molar-refractivity contribution in [2.24, 2.45) is 5.14 Å². The number of amides is 1. The molecular weight excluding hydrogens is 824 g/mol. The van der Waals surface area contributed by atoms with E-state index in [2.05, 4.69) is 9.97 Å². The van der Waals surface area contributed by atoms with Gasteiger partial charge in [0.1, 0.15) is 20.6 Å². The number of halogens is 5. The van der Waals surface area contributed by atoms with E-state index in [0.29, 0.717) is 4.91 Å². The first-order valence-electron chi connectivity index (χ1n) is 11.7. The van der Waals surface area contributed by atoms with Crippen molar-refractivity contribution in [3.05, 3.63) is 117 Å². The van der Waals surface area contributed by atoms with Gasteiger partial charge in [-0.05, 0) is 53.4 Å². The van der Waals surface area contributed by atoms with Crippen LogP contribution in [0.25, 0.3) is 0 Å². The number of aromatic carboxylic acids is 1. The van der Waals surface area contributed by atoms with Crippen LogP contribution in [-0.4, -0.2) is 48.7 Å². The summed E-state index contributed by atoms with van der Waals surface area (Å²) in [5.74, 6) is -1.98. The van der Waals surface area contributed by atoms with Crippen LogP contribution >= 0.6 is 69.0 Å². The SMILES string of the molecule is NS(=O)(=O)c1ccccc1.O=C(NS(=O)(=O)c1ccccc1)c1ccc(Cl)nc1Cl.O=C(O)c1ccc(Cl)nc1Cl.[2H]CI.[H-].[Na+]. The number of nitrogens with zero attached hydrogens (tertiary/aromatic N) is 2. The zero-order valence-electron chi connectivity index (χ0n) is 24.4.